The molecule has 0 aliphatic rings. The lowest BCUT2D eigenvalue weighted by atomic mass is 10.0. The number of nitrogens with zero attached hydrogens (tertiary/aromatic N) is 3. The fourth-order valence-corrected chi connectivity index (χ4v) is 3.05. The van der Waals surface area contributed by atoms with E-state index < -0.39 is 0 Å². The Labute approximate surface area is 122 Å². The van der Waals surface area contributed by atoms with Gasteiger partial charge in [0.1, 0.15) is 12.2 Å². The number of halogens is 2. The maximum absolute atomic E-state index is 5.64. The van der Waals surface area contributed by atoms with Crippen LogP contribution in [0.5, 0.6) is 0 Å². The zero-order valence-corrected chi connectivity index (χ0v) is 12.9. The van der Waals surface area contributed by atoms with Gasteiger partial charge < -0.3 is 0 Å². The molecule has 1 aromatic heterocycles. The molecular formula is C11H13Br2N5. The molecule has 0 aliphatic heterocycles. The van der Waals surface area contributed by atoms with Crippen LogP contribution >= 0.6 is 31.9 Å². The second kappa shape index (κ2) is 5.92. The highest BCUT2D eigenvalue weighted by molar-refractivity contribution is 9.11. The van der Waals surface area contributed by atoms with Crippen LogP contribution in [0.25, 0.3) is 0 Å². The molecule has 0 amide bonds. The van der Waals surface area contributed by atoms with Crippen LogP contribution in [0.3, 0.4) is 0 Å². The zero-order chi connectivity index (χ0) is 13.1. The molecule has 96 valence electrons. The predicted molar refractivity (Wildman–Crippen MR) is 76.6 cm³/mol. The molecule has 0 saturated carbocycles. The molecule has 0 radical (unpaired) electrons. The van der Waals surface area contributed by atoms with Gasteiger partial charge in [-0.05, 0) is 17.7 Å². The van der Waals surface area contributed by atoms with Crippen molar-refractivity contribution < 1.29 is 0 Å². The van der Waals surface area contributed by atoms with Crippen LogP contribution in [-0.2, 0) is 13.5 Å². The van der Waals surface area contributed by atoms with E-state index in [1.807, 2.05) is 25.2 Å². The molecule has 1 atom stereocenters. The third kappa shape index (κ3) is 2.97. The number of hydrogen-bond acceptors (Lipinski definition) is 4. The van der Waals surface area contributed by atoms with Crippen molar-refractivity contribution in [2.75, 3.05) is 0 Å². The lowest BCUT2D eigenvalue weighted by Crippen LogP contribution is -2.30. The van der Waals surface area contributed by atoms with Gasteiger partial charge in [-0.25, -0.2) is 4.98 Å². The first-order chi connectivity index (χ1) is 8.61. The summed E-state index contributed by atoms with van der Waals surface area (Å²) in [6, 6.07) is 5.99. The molecule has 5 nitrogen and oxygen atoms in total. The Hall–Kier alpha value is -0.760. The van der Waals surface area contributed by atoms with Gasteiger partial charge in [-0.2, -0.15) is 5.10 Å². The summed E-state index contributed by atoms with van der Waals surface area (Å²) < 4.78 is 3.77. The number of hydrogen-bond donors (Lipinski definition) is 2. The lowest BCUT2D eigenvalue weighted by molar-refractivity contribution is 0.521. The van der Waals surface area contributed by atoms with Gasteiger partial charge in [0.25, 0.3) is 0 Å². The summed E-state index contributed by atoms with van der Waals surface area (Å²) >= 11 is 6.97. The third-order valence-electron chi connectivity index (χ3n) is 2.73. The highest BCUT2D eigenvalue weighted by Gasteiger charge is 2.16. The van der Waals surface area contributed by atoms with Gasteiger partial charge in [0.05, 0.1) is 6.04 Å². The minimum Gasteiger partial charge on any atom is -0.271 e. The largest absolute Gasteiger partial charge is 0.271 e. The van der Waals surface area contributed by atoms with Crippen molar-refractivity contribution in [3.05, 3.63) is 44.9 Å². The Bertz CT molecular complexity index is 540. The Kier molecular flexibility index (Phi) is 4.50. The Morgan fingerprint density at radius 1 is 1.44 bits per heavy atom. The maximum atomic E-state index is 5.64. The Morgan fingerprint density at radius 2 is 2.22 bits per heavy atom. The fourth-order valence-electron chi connectivity index (χ4n) is 1.73. The van der Waals surface area contributed by atoms with E-state index in [0.717, 1.165) is 20.3 Å². The van der Waals surface area contributed by atoms with Gasteiger partial charge in [0, 0.05) is 22.4 Å². The van der Waals surface area contributed by atoms with Crippen molar-refractivity contribution in [1.29, 1.82) is 0 Å². The van der Waals surface area contributed by atoms with E-state index in [-0.39, 0.29) is 6.04 Å². The van der Waals surface area contributed by atoms with Gasteiger partial charge in [-0.15, -0.1) is 0 Å². The van der Waals surface area contributed by atoms with E-state index in [1.54, 1.807) is 11.0 Å². The standard InChI is InChI=1S/C11H13Br2N5/c1-18-11(15-6-16-18)5-10(17-14)8-3-2-7(12)4-9(8)13/h2-4,6,10,17H,5,14H2,1H3. The van der Waals surface area contributed by atoms with Crippen molar-refractivity contribution in [2.45, 2.75) is 12.5 Å². The van der Waals surface area contributed by atoms with Gasteiger partial charge in [0.2, 0.25) is 0 Å². The summed E-state index contributed by atoms with van der Waals surface area (Å²) in [6.45, 7) is 0. The van der Waals surface area contributed by atoms with Gasteiger partial charge in [0.15, 0.2) is 0 Å². The van der Waals surface area contributed by atoms with E-state index in [4.69, 9.17) is 5.84 Å². The number of rotatable bonds is 4. The molecule has 0 saturated heterocycles. The third-order valence-corrected chi connectivity index (χ3v) is 3.91. The second-order valence-corrected chi connectivity index (χ2v) is 5.66. The highest BCUT2D eigenvalue weighted by atomic mass is 79.9. The van der Waals surface area contributed by atoms with E-state index in [9.17, 15) is 0 Å². The number of aromatic nitrogens is 3. The van der Waals surface area contributed by atoms with Crippen LogP contribution in [0.2, 0.25) is 0 Å². The first kappa shape index (κ1) is 13.7. The number of benzene rings is 1. The number of aryl methyl sites for hydroxylation is 1. The summed E-state index contributed by atoms with van der Waals surface area (Å²) in [5.74, 6) is 6.52. The van der Waals surface area contributed by atoms with Gasteiger partial charge in [-0.3, -0.25) is 16.0 Å². The second-order valence-electron chi connectivity index (χ2n) is 3.89. The quantitative estimate of drug-likeness (QED) is 0.635. The first-order valence-electron chi connectivity index (χ1n) is 5.35. The minimum absolute atomic E-state index is 0.0182. The van der Waals surface area contributed by atoms with Crippen LogP contribution in [0.1, 0.15) is 17.4 Å². The summed E-state index contributed by atoms with van der Waals surface area (Å²) in [5, 5.41) is 4.05. The Morgan fingerprint density at radius 3 is 2.78 bits per heavy atom. The minimum atomic E-state index is -0.0182. The van der Waals surface area contributed by atoms with Crippen molar-refractivity contribution in [2.24, 2.45) is 12.9 Å². The van der Waals surface area contributed by atoms with Crippen LogP contribution in [0.15, 0.2) is 33.5 Å². The monoisotopic (exact) mass is 373 g/mol. The van der Waals surface area contributed by atoms with Gasteiger partial charge in [-0.1, -0.05) is 37.9 Å². The van der Waals surface area contributed by atoms with Crippen LogP contribution in [0.4, 0.5) is 0 Å². The molecular weight excluding hydrogens is 362 g/mol. The zero-order valence-electron chi connectivity index (χ0n) is 9.77. The average Bonchev–Trinajstić information content (AvgIpc) is 2.73. The molecule has 0 bridgehead atoms. The molecule has 3 N–H and O–H groups in total. The van der Waals surface area contributed by atoms with Crippen molar-refractivity contribution in [3.63, 3.8) is 0 Å². The SMILES string of the molecule is Cn1ncnc1CC(NN)c1ccc(Br)cc1Br. The van der Waals surface area contributed by atoms with E-state index in [0.29, 0.717) is 6.42 Å². The molecule has 1 unspecified atom stereocenters. The lowest BCUT2D eigenvalue weighted by Gasteiger charge is -2.17. The molecule has 18 heavy (non-hydrogen) atoms. The summed E-state index contributed by atoms with van der Waals surface area (Å²) in [4.78, 5) is 4.21. The summed E-state index contributed by atoms with van der Waals surface area (Å²) in [5.41, 5.74) is 3.90. The van der Waals surface area contributed by atoms with Gasteiger partial charge >= 0.3 is 0 Å². The van der Waals surface area contributed by atoms with Crippen LogP contribution in [-0.4, -0.2) is 14.8 Å². The average molecular weight is 375 g/mol. The van der Waals surface area contributed by atoms with Crippen molar-refractivity contribution in [1.82, 2.24) is 20.2 Å². The smallest absolute Gasteiger partial charge is 0.138 e. The first-order valence-corrected chi connectivity index (χ1v) is 6.94. The molecule has 7 heteroatoms. The normalized spacial score (nSPS) is 12.7. The summed E-state index contributed by atoms with van der Waals surface area (Å²) in [7, 11) is 1.87. The van der Waals surface area contributed by atoms with Crippen LogP contribution in [0, 0.1) is 0 Å². The number of hydrazine groups is 1. The highest BCUT2D eigenvalue weighted by Crippen LogP contribution is 2.28. The molecule has 0 aliphatic carbocycles. The predicted octanol–water partition coefficient (Wildman–Crippen LogP) is 2.09. The molecule has 0 spiro atoms. The fraction of sp³-hybridized carbons (Fsp3) is 0.273. The van der Waals surface area contributed by atoms with Crippen LogP contribution < -0.4 is 11.3 Å². The van der Waals surface area contributed by atoms with Crippen molar-refractivity contribution in [3.8, 4) is 0 Å². The topological polar surface area (TPSA) is 68.8 Å². The molecule has 1 heterocycles. The molecule has 2 aromatic rings. The van der Waals surface area contributed by atoms with E-state index in [1.165, 1.54) is 0 Å². The van der Waals surface area contributed by atoms with Crippen molar-refractivity contribution >= 4 is 31.9 Å². The molecule has 2 rings (SSSR count). The molecule has 1 aromatic carbocycles. The van der Waals surface area contributed by atoms with E-state index >= 15 is 0 Å². The number of nitrogens with two attached hydrogens (primary N) is 1. The van der Waals surface area contributed by atoms with E-state index in [2.05, 4.69) is 47.4 Å². The summed E-state index contributed by atoms with van der Waals surface area (Å²) in [6.07, 6.45) is 2.22. The Balaban J connectivity index is 2.26. The molecule has 0 fully saturated rings. The maximum Gasteiger partial charge on any atom is 0.138 e. The number of nitrogens with one attached hydrogen (secondary N) is 1.